The number of aromatic nitrogens is 6. The Morgan fingerprint density at radius 1 is 0.182 bits per heavy atom. The third kappa shape index (κ3) is 15.8. The molecule has 0 N–H and O–H groups in total. The van der Waals surface area contributed by atoms with Crippen LogP contribution in [0.1, 0.15) is 40.2 Å². The zero-order chi connectivity index (χ0) is 95.5. The quantitative estimate of drug-likeness (QED) is 0.0906. The Hall–Kier alpha value is -18.0. The summed E-state index contributed by atoms with van der Waals surface area (Å²) in [6.45, 7) is 10.7. The van der Waals surface area contributed by atoms with E-state index in [0.29, 0.717) is 0 Å². The van der Waals surface area contributed by atoms with Crippen LogP contribution in [0.2, 0.25) is 0 Å². The molecule has 0 aliphatic heterocycles. The van der Waals surface area contributed by atoms with Crippen LogP contribution in [0.5, 0.6) is 0 Å². The van der Waals surface area contributed by atoms with Crippen LogP contribution >= 0.6 is 0 Å². The minimum atomic E-state index is 0.257. The Morgan fingerprint density at radius 3 is 0.678 bits per heavy atom. The van der Waals surface area contributed by atoms with Crippen molar-refractivity contribution in [1.82, 2.24) is 28.7 Å². The van der Waals surface area contributed by atoms with Gasteiger partial charge in [0.05, 0.1) is 33.1 Å². The molecule has 0 fully saturated rings. The van der Waals surface area contributed by atoms with Crippen molar-refractivity contribution in [1.29, 1.82) is 0 Å². The van der Waals surface area contributed by atoms with Crippen molar-refractivity contribution in [2.45, 2.75) is 53.2 Å². The van der Waals surface area contributed by atoms with E-state index in [-0.39, 0.29) is 6.04 Å². The van der Waals surface area contributed by atoms with E-state index in [0.717, 1.165) is 81.3 Å². The molecule has 0 unspecified atom stereocenters. The van der Waals surface area contributed by atoms with Gasteiger partial charge in [0.25, 0.3) is 0 Å². The summed E-state index contributed by atoms with van der Waals surface area (Å²) in [5.74, 6) is 3.02. The fourth-order valence-electron chi connectivity index (χ4n) is 22.4. The summed E-state index contributed by atoms with van der Waals surface area (Å²) in [5.41, 5.74) is 32.1. The minimum Gasteiger partial charge on any atom is -0.324 e. The summed E-state index contributed by atoms with van der Waals surface area (Å²) in [7, 11) is 0. The third-order valence-corrected chi connectivity index (χ3v) is 29.0. The van der Waals surface area contributed by atoms with Crippen molar-refractivity contribution >= 4 is 130 Å². The molecule has 6 nitrogen and oxygen atoms in total. The van der Waals surface area contributed by atoms with Crippen molar-refractivity contribution in [3.8, 4) is 134 Å². The second-order valence-electron chi connectivity index (χ2n) is 37.8. The molecule has 0 saturated carbocycles. The Morgan fingerprint density at radius 2 is 0.392 bits per heavy atom. The number of imidazole rings is 3. The van der Waals surface area contributed by atoms with Crippen LogP contribution in [-0.2, 0) is 13.1 Å². The molecule has 27 aromatic rings. The van der Waals surface area contributed by atoms with Crippen LogP contribution in [0, 0.1) is 0 Å². The van der Waals surface area contributed by atoms with E-state index in [2.05, 4.69) is 533 Å². The van der Waals surface area contributed by atoms with E-state index in [1.54, 1.807) is 0 Å². The fourth-order valence-corrected chi connectivity index (χ4v) is 22.4. The first kappa shape index (κ1) is 86.6. The smallest absolute Gasteiger partial charge is 0.141 e. The van der Waals surface area contributed by atoms with E-state index in [1.165, 1.54) is 203 Å². The van der Waals surface area contributed by atoms with Crippen molar-refractivity contribution < 1.29 is 0 Å². The number of hydrogen-bond donors (Lipinski definition) is 0. The molecular formula is C137H100N6. The summed E-state index contributed by atoms with van der Waals surface area (Å²) in [4.78, 5) is 15.9. The lowest BCUT2D eigenvalue weighted by Crippen LogP contribution is -2.03. The van der Waals surface area contributed by atoms with E-state index in [4.69, 9.17) is 15.0 Å². The van der Waals surface area contributed by atoms with Gasteiger partial charge in [0.15, 0.2) is 0 Å². The van der Waals surface area contributed by atoms with Gasteiger partial charge >= 0.3 is 0 Å². The highest BCUT2D eigenvalue weighted by atomic mass is 15.1. The maximum absolute atomic E-state index is 5.31. The number of nitrogens with zero attached hydrogens (tertiary/aromatic N) is 6. The van der Waals surface area contributed by atoms with E-state index < -0.39 is 0 Å². The average Bonchev–Trinajstić information content (AvgIpc) is 1.32. The maximum Gasteiger partial charge on any atom is 0.141 e. The third-order valence-electron chi connectivity index (χ3n) is 29.0. The first-order valence-electron chi connectivity index (χ1n) is 50.0. The predicted molar refractivity (Wildman–Crippen MR) is 608 cm³/mol. The summed E-state index contributed by atoms with van der Waals surface area (Å²) >= 11 is 0. The molecule has 0 saturated heterocycles. The summed E-state index contributed by atoms with van der Waals surface area (Å²) in [5, 5.41) is 22.6. The average molecular weight is 1830 g/mol. The van der Waals surface area contributed by atoms with Crippen LogP contribution in [0.25, 0.3) is 264 Å². The van der Waals surface area contributed by atoms with Crippen molar-refractivity contribution in [2.24, 2.45) is 0 Å². The molecule has 27 rings (SSSR count). The van der Waals surface area contributed by atoms with Crippen molar-refractivity contribution in [2.75, 3.05) is 0 Å². The summed E-state index contributed by atoms with van der Waals surface area (Å²) < 4.78 is 7.08. The second-order valence-corrected chi connectivity index (χ2v) is 37.8. The van der Waals surface area contributed by atoms with Gasteiger partial charge in [-0.05, 0) is 279 Å². The zero-order valence-corrected chi connectivity index (χ0v) is 80.1. The first-order valence-corrected chi connectivity index (χ1v) is 50.0. The summed E-state index contributed by atoms with van der Waals surface area (Å²) in [6.07, 6.45) is 1.04. The van der Waals surface area contributed by atoms with Gasteiger partial charge in [0, 0.05) is 35.8 Å². The molecule has 0 spiro atoms. The molecule has 0 radical (unpaired) electrons. The van der Waals surface area contributed by atoms with Gasteiger partial charge in [-0.25, -0.2) is 15.0 Å². The number of rotatable bonds is 16. The molecule has 0 atom stereocenters. The Kier molecular flexibility index (Phi) is 22.5. The van der Waals surface area contributed by atoms with Gasteiger partial charge in [-0.3, -0.25) is 0 Å². The molecule has 678 valence electrons. The maximum atomic E-state index is 5.31. The van der Waals surface area contributed by atoms with Crippen LogP contribution in [0.3, 0.4) is 0 Å². The zero-order valence-electron chi connectivity index (χ0n) is 80.1. The van der Waals surface area contributed by atoms with Crippen LogP contribution < -0.4 is 0 Å². The standard InChI is InChI=1S/2C46H34N2.C45H32N2/c1-30(2)48-43-27-26-37(29-42(43)47-46(48)34-23-20-33(21-24-34)31-12-4-3-5-13-31)45-40-18-10-8-16-38(40)44(39-17-9-11-19-41(39)45)36-25-22-32-14-6-7-15-35(32)28-36;1-2-28-48-43-27-26-37(30-42(43)47-46(48)34-23-20-33(21-24-34)31-12-4-3-5-13-31)45-40-18-10-8-16-38(40)44(39-17-9-11-19-41(39)45)36-25-22-32-14-6-7-15-35(32)29-36;1-2-47-42-27-26-36(29-41(42)46-45(47)33-23-20-32(21-24-33)30-12-4-3-5-13-30)44-39-18-10-8-16-37(39)43(38-17-9-11-19-40(38)44)35-25-22-31-14-6-7-15-34(31)28-35/h3-30H,1-2H3;3-27,29-30H,2,28H2,1H3;3-29H,2H2,1H3. The van der Waals surface area contributed by atoms with Gasteiger partial charge in [-0.2, -0.15) is 0 Å². The molecule has 143 heavy (non-hydrogen) atoms. The molecule has 0 aliphatic rings. The number of fused-ring (bicyclic) bond motifs is 12. The highest BCUT2D eigenvalue weighted by molar-refractivity contribution is 6.25. The summed E-state index contributed by atoms with van der Waals surface area (Å²) in [6, 6.07) is 178. The van der Waals surface area contributed by atoms with Crippen LogP contribution in [0.15, 0.2) is 491 Å². The minimum absolute atomic E-state index is 0.257. The normalized spacial score (nSPS) is 11.6. The number of hydrogen-bond acceptors (Lipinski definition) is 3. The molecule has 0 bridgehead atoms. The molecule has 3 aromatic heterocycles. The second kappa shape index (κ2) is 37.1. The lowest BCUT2D eigenvalue weighted by atomic mass is 9.85. The molecule has 0 aliphatic carbocycles. The van der Waals surface area contributed by atoms with E-state index in [1.807, 2.05) is 0 Å². The largest absolute Gasteiger partial charge is 0.324 e. The highest BCUT2D eigenvalue weighted by Crippen LogP contribution is 2.51. The SMILES string of the molecule is CC(C)n1c(-c2ccc(-c3ccccc3)cc2)nc2cc(-c3c4ccccc4c(-c4ccc5ccccc5c4)c4ccccc34)ccc21.CCCn1c(-c2ccc(-c3ccccc3)cc2)nc2cc(-c3c4ccccc4c(-c4ccc5ccccc5c4)c4ccccc34)ccc21.CCn1c(-c2ccc(-c3ccccc3)cc2)nc2cc(-c3c4ccccc4c(-c4ccc5ccccc5c4)c4ccccc34)ccc21. The molecule has 6 heteroatoms. The monoisotopic (exact) mass is 1830 g/mol. The van der Waals surface area contributed by atoms with E-state index in [9.17, 15) is 0 Å². The topological polar surface area (TPSA) is 53.5 Å². The Balaban J connectivity index is 0.000000113. The van der Waals surface area contributed by atoms with Crippen molar-refractivity contribution in [3.05, 3.63) is 491 Å². The number of benzene rings is 24. The molecule has 0 amide bonds. The first-order chi connectivity index (χ1) is 70.7. The molecule has 24 aromatic carbocycles. The van der Waals surface area contributed by atoms with Gasteiger partial charge < -0.3 is 13.7 Å². The molecule has 3 heterocycles. The number of aryl methyl sites for hydroxylation is 2. The lowest BCUT2D eigenvalue weighted by Gasteiger charge is -2.18. The molecular weight excluding hydrogens is 1730 g/mol. The Bertz CT molecular complexity index is 9410. The van der Waals surface area contributed by atoms with Gasteiger partial charge in [-0.1, -0.05) is 444 Å². The highest BCUT2D eigenvalue weighted by Gasteiger charge is 2.26. The van der Waals surface area contributed by atoms with Gasteiger partial charge in [0.1, 0.15) is 17.5 Å². The Labute approximate surface area is 831 Å². The van der Waals surface area contributed by atoms with Crippen LogP contribution in [0.4, 0.5) is 0 Å². The van der Waals surface area contributed by atoms with Crippen molar-refractivity contribution in [3.63, 3.8) is 0 Å². The fraction of sp³-hybridized carbons (Fsp3) is 0.0584. The van der Waals surface area contributed by atoms with Gasteiger partial charge in [-0.15, -0.1) is 0 Å². The predicted octanol–water partition coefficient (Wildman–Crippen LogP) is 37.5. The van der Waals surface area contributed by atoms with Crippen LogP contribution in [-0.4, -0.2) is 28.7 Å². The van der Waals surface area contributed by atoms with E-state index >= 15 is 0 Å². The van der Waals surface area contributed by atoms with Gasteiger partial charge in [0.2, 0.25) is 0 Å². The lowest BCUT2D eigenvalue weighted by molar-refractivity contribution is 0.624.